The van der Waals surface area contributed by atoms with Gasteiger partial charge >= 0.3 is 5.97 Å². The first-order chi connectivity index (χ1) is 49.2. The number of amides is 14. The molecule has 0 aliphatic heterocycles. The average Bonchev–Trinajstić information content (AvgIpc) is 0.861. The maximum Gasteiger partial charge on any atom is 0.326 e. The molecule has 0 bridgehead atoms. The zero-order chi connectivity index (χ0) is 81.9. The molecule has 608 valence electrons. The van der Waals surface area contributed by atoms with Gasteiger partial charge in [0.15, 0.2) is 0 Å². The van der Waals surface area contributed by atoms with Gasteiger partial charge in [0.2, 0.25) is 82.7 Å². The molecule has 0 aliphatic carbocycles. The molecule has 18 N–H and O–H groups in total. The number of aliphatic carboxylic acids is 1. The Morgan fingerprint density at radius 1 is 0.311 bits per heavy atom. The summed E-state index contributed by atoms with van der Waals surface area (Å²) in [6.07, 6.45) is 3.36. The maximum absolute atomic E-state index is 14.4. The van der Waals surface area contributed by atoms with Crippen molar-refractivity contribution in [3.8, 4) is 0 Å². The van der Waals surface area contributed by atoms with Gasteiger partial charge in [0, 0.05) is 0 Å². The molecule has 0 aromatic heterocycles. The van der Waals surface area contributed by atoms with E-state index in [0.717, 1.165) is 0 Å². The van der Waals surface area contributed by atoms with Gasteiger partial charge in [-0.2, -0.15) is 11.8 Å². The quantitative estimate of drug-likeness (QED) is 0.0402. The van der Waals surface area contributed by atoms with E-state index >= 15 is 0 Å². The number of carbonyl (C=O) groups is 15. The van der Waals surface area contributed by atoms with Crippen LogP contribution in [-0.2, 0) is 71.9 Å². The highest BCUT2D eigenvalue weighted by molar-refractivity contribution is 7.98. The number of aliphatic hydroxyl groups is 1. The molecule has 0 aliphatic rings. The van der Waals surface area contributed by atoms with Crippen LogP contribution in [0, 0.1) is 59.2 Å². The third-order valence-electron chi connectivity index (χ3n) is 17.8. The van der Waals surface area contributed by atoms with E-state index in [4.69, 9.17) is 5.73 Å². The van der Waals surface area contributed by atoms with Gasteiger partial charge in [-0.25, -0.2) is 4.79 Å². The topological polar surface area (TPSA) is 491 Å². The molecule has 14 amide bonds. The first-order valence-electron chi connectivity index (χ1n) is 37.5. The standard InChI is InChI=1S/C73H133N15O17S/c1-24-43(19)58(84-54(90)33-74)72(103)82-50(30-37(7)8)65(96)78-51(31-38(9)10)66(97)86-55(40(13)14)69(100)81-49(29-36(5)6)64(95)77-47(26-27-106-23)62(93)75-46(22)61(92)85-57(42(17)18)71(102)87-56(41(15)16)70(101)80-48(28-35(3)4)63(94)76-45(21)60(91)83-53(34-89)68(99)79-52(32-39(11)12)67(98)88-59(73(104)105)44(20)25-2/h35-53,55-59,89H,24-34,74H2,1-23H3,(H,75,93)(H,76,94)(H,77,95)(H,78,96)(H,79,99)(H,80,101)(H,81,100)(H,82,103)(H,83,91)(H,84,90)(H,85,92)(H,86,97)(H,87,102)(H,88,98)(H,104,105)/t43-,44-,45-,46-,47-,48-,49-,50-,51-,52-,53-,55-,56-,57-,58-,59-/m0/s1. The summed E-state index contributed by atoms with van der Waals surface area (Å²) < 4.78 is 0. The number of carboxylic acids is 1. The minimum Gasteiger partial charge on any atom is -0.480 e. The van der Waals surface area contributed by atoms with Crippen molar-refractivity contribution in [2.24, 2.45) is 64.9 Å². The molecule has 16 atom stereocenters. The molecule has 0 radical (unpaired) electrons. The molecule has 0 aromatic rings. The van der Waals surface area contributed by atoms with Crippen LogP contribution in [0.25, 0.3) is 0 Å². The minimum absolute atomic E-state index is 0.0501. The van der Waals surface area contributed by atoms with Gasteiger partial charge in [0.1, 0.15) is 84.6 Å². The summed E-state index contributed by atoms with van der Waals surface area (Å²) in [5.41, 5.74) is 5.53. The van der Waals surface area contributed by atoms with Crippen LogP contribution in [0.4, 0.5) is 0 Å². The third kappa shape index (κ3) is 35.8. The van der Waals surface area contributed by atoms with Gasteiger partial charge < -0.3 is 90.4 Å². The number of hydrogen-bond acceptors (Lipinski definition) is 18. The van der Waals surface area contributed by atoms with Gasteiger partial charge in [0.05, 0.1) is 13.2 Å². The molecular weight excluding hydrogens is 1390 g/mol. The van der Waals surface area contributed by atoms with Crippen LogP contribution in [0.2, 0.25) is 0 Å². The highest BCUT2D eigenvalue weighted by Crippen LogP contribution is 2.18. The Hall–Kier alpha value is -7.68. The summed E-state index contributed by atoms with van der Waals surface area (Å²) in [5, 5.41) is 57.0. The summed E-state index contributed by atoms with van der Waals surface area (Å²) in [4.78, 5) is 206. The van der Waals surface area contributed by atoms with Gasteiger partial charge in [0.25, 0.3) is 0 Å². The lowest BCUT2D eigenvalue weighted by molar-refractivity contribution is -0.144. The fourth-order valence-electron chi connectivity index (χ4n) is 11.1. The Bertz CT molecular complexity index is 2900. The number of carboxylic acid groups (broad SMARTS) is 1. The van der Waals surface area contributed by atoms with Crippen molar-refractivity contribution in [3.63, 3.8) is 0 Å². The van der Waals surface area contributed by atoms with E-state index < -0.39 is 204 Å². The summed E-state index contributed by atoms with van der Waals surface area (Å²) >= 11 is 1.38. The number of nitrogens with one attached hydrogen (secondary N) is 14. The van der Waals surface area contributed by atoms with Crippen LogP contribution < -0.4 is 80.2 Å². The fourth-order valence-corrected chi connectivity index (χ4v) is 11.6. The molecule has 0 saturated heterocycles. The van der Waals surface area contributed by atoms with E-state index in [9.17, 15) is 82.1 Å². The molecule has 0 unspecified atom stereocenters. The van der Waals surface area contributed by atoms with Crippen molar-refractivity contribution < 1.29 is 82.1 Å². The molecule has 0 heterocycles. The molecule has 0 spiro atoms. The van der Waals surface area contributed by atoms with Crippen LogP contribution in [0.1, 0.15) is 204 Å². The van der Waals surface area contributed by atoms with Crippen LogP contribution in [0.5, 0.6) is 0 Å². The molecule has 32 nitrogen and oxygen atoms in total. The van der Waals surface area contributed by atoms with Crippen LogP contribution >= 0.6 is 11.8 Å². The Labute approximate surface area is 632 Å². The van der Waals surface area contributed by atoms with Crippen LogP contribution in [0.15, 0.2) is 0 Å². The van der Waals surface area contributed by atoms with Gasteiger partial charge in [-0.3, -0.25) is 67.1 Å². The van der Waals surface area contributed by atoms with E-state index in [0.29, 0.717) is 18.6 Å². The smallest absolute Gasteiger partial charge is 0.326 e. The molecule has 106 heavy (non-hydrogen) atoms. The predicted octanol–water partition coefficient (Wildman–Crippen LogP) is 0.893. The molecular formula is C73H133N15O17S. The molecule has 0 saturated carbocycles. The zero-order valence-electron chi connectivity index (χ0n) is 67.1. The van der Waals surface area contributed by atoms with E-state index in [-0.39, 0.29) is 80.6 Å². The second kappa shape index (κ2) is 49.3. The predicted molar refractivity (Wildman–Crippen MR) is 406 cm³/mol. The lowest BCUT2D eigenvalue weighted by atomic mass is 9.96. The number of nitrogens with two attached hydrogens (primary N) is 1. The number of aliphatic hydroxyl groups excluding tert-OH is 1. The average molecular weight is 1530 g/mol. The van der Waals surface area contributed by atoms with Crippen molar-refractivity contribution in [2.75, 3.05) is 25.2 Å². The molecule has 0 aromatic carbocycles. The highest BCUT2D eigenvalue weighted by Gasteiger charge is 2.40. The van der Waals surface area contributed by atoms with Crippen molar-refractivity contribution >= 4 is 100 Å². The van der Waals surface area contributed by atoms with Crippen molar-refractivity contribution in [2.45, 2.75) is 288 Å². The number of hydrogen-bond donors (Lipinski definition) is 17. The summed E-state index contributed by atoms with van der Waals surface area (Å²) in [6, 6.07) is -17.7. The van der Waals surface area contributed by atoms with E-state index in [1.54, 1.807) is 96.3 Å². The van der Waals surface area contributed by atoms with E-state index in [1.165, 1.54) is 25.6 Å². The monoisotopic (exact) mass is 1520 g/mol. The minimum atomic E-state index is -1.61. The molecule has 33 heteroatoms. The van der Waals surface area contributed by atoms with Crippen LogP contribution in [-0.4, -0.2) is 209 Å². The Morgan fingerprint density at radius 2 is 0.557 bits per heavy atom. The van der Waals surface area contributed by atoms with Crippen molar-refractivity contribution in [1.82, 2.24) is 74.4 Å². The number of rotatable bonds is 50. The molecule has 0 fully saturated rings. The first kappa shape index (κ1) is 98.3. The number of carbonyl (C=O) groups excluding carboxylic acids is 14. The van der Waals surface area contributed by atoms with Crippen molar-refractivity contribution in [3.05, 3.63) is 0 Å². The summed E-state index contributed by atoms with van der Waals surface area (Å²) in [7, 11) is 0. The van der Waals surface area contributed by atoms with E-state index in [2.05, 4.69) is 74.4 Å². The second-order valence-electron chi connectivity index (χ2n) is 31.0. The number of thioether (sulfide) groups is 1. The third-order valence-corrected chi connectivity index (χ3v) is 18.4. The van der Waals surface area contributed by atoms with E-state index in [1.807, 2.05) is 48.5 Å². The SMILES string of the molecule is CC[C@H](C)[C@H](NC(=O)[C@H](CC(C)C)NC(=O)[C@H](CO)NC(=O)[C@H](C)NC(=O)[C@H](CC(C)C)NC(=O)[C@@H](NC(=O)[C@@H](NC(=O)[C@H](C)NC(=O)[C@H](CCSC)NC(=O)[C@H](CC(C)C)NC(=O)[C@@H](NC(=O)[C@H](CC(C)C)NC(=O)[C@H](CC(C)C)NC(=O)[C@@H](NC(=O)CN)[C@@H](C)CC)C(C)C)C(C)C)C(C)C)C(=O)O. The lowest BCUT2D eigenvalue weighted by Gasteiger charge is -2.30. The Morgan fingerprint density at radius 3 is 0.868 bits per heavy atom. The maximum atomic E-state index is 14.4. The Kier molecular flexibility index (Phi) is 45.7. The largest absolute Gasteiger partial charge is 0.480 e. The van der Waals surface area contributed by atoms with Gasteiger partial charge in [-0.1, -0.05) is 151 Å². The first-order valence-corrected chi connectivity index (χ1v) is 38.9. The normalized spacial score (nSPS) is 16.2. The highest BCUT2D eigenvalue weighted by atomic mass is 32.2. The molecule has 0 rings (SSSR count). The lowest BCUT2D eigenvalue weighted by Crippen LogP contribution is -2.62. The van der Waals surface area contributed by atoms with Crippen LogP contribution in [0.3, 0.4) is 0 Å². The van der Waals surface area contributed by atoms with Gasteiger partial charge in [-0.15, -0.1) is 0 Å². The second-order valence-corrected chi connectivity index (χ2v) is 32.0. The Balaban J connectivity index is 6.55. The van der Waals surface area contributed by atoms with Crippen molar-refractivity contribution in [1.29, 1.82) is 0 Å². The summed E-state index contributed by atoms with van der Waals surface area (Å²) in [5.74, 6) is -14.8. The summed E-state index contributed by atoms with van der Waals surface area (Å²) in [6.45, 7) is 36.5. The fraction of sp³-hybridized carbons (Fsp3) is 0.795. The zero-order valence-corrected chi connectivity index (χ0v) is 68.0. The van der Waals surface area contributed by atoms with Gasteiger partial charge in [-0.05, 0) is 124 Å².